The molecule has 126 valence electrons. The van der Waals surface area contributed by atoms with Crippen molar-refractivity contribution in [3.8, 4) is 5.69 Å². The van der Waals surface area contributed by atoms with Crippen LogP contribution >= 0.6 is 0 Å². The Bertz CT molecular complexity index is 852. The molecule has 3 aromatic rings. The van der Waals surface area contributed by atoms with Crippen LogP contribution in [0.4, 0.5) is 5.69 Å². The second-order valence-electron chi connectivity index (χ2n) is 5.40. The predicted octanol–water partition coefficient (Wildman–Crippen LogP) is -1.87. The van der Waals surface area contributed by atoms with Gasteiger partial charge in [0, 0.05) is 24.0 Å². The maximum Gasteiger partial charge on any atom is 1.00 e. The van der Waals surface area contributed by atoms with Gasteiger partial charge in [-0.15, -0.1) is 0 Å². The Kier molecular flexibility index (Phi) is 7.08. The Hall–Kier alpha value is -2.48. The molecule has 0 bridgehead atoms. The van der Waals surface area contributed by atoms with Crippen LogP contribution in [0.15, 0.2) is 67.0 Å². The van der Waals surface area contributed by atoms with E-state index < -0.39 is 17.8 Å². The summed E-state index contributed by atoms with van der Waals surface area (Å²) < 4.78 is 0. The van der Waals surface area contributed by atoms with Crippen molar-refractivity contribution in [1.82, 2.24) is 15.0 Å². The summed E-state index contributed by atoms with van der Waals surface area (Å²) in [5, 5.41) is 22.1. The van der Waals surface area contributed by atoms with Gasteiger partial charge in [-0.2, -0.15) is 15.0 Å². The van der Waals surface area contributed by atoms with E-state index in [0.29, 0.717) is 11.3 Å². The number of amides is 1. The van der Waals surface area contributed by atoms with Gasteiger partial charge in [-0.1, -0.05) is 30.3 Å². The van der Waals surface area contributed by atoms with Crippen LogP contribution in [0.5, 0.6) is 0 Å². The number of hydrogen-bond acceptors (Lipinski definition) is 5. The number of carboxylic acid groups (broad SMARTS) is 1. The van der Waals surface area contributed by atoms with Crippen LogP contribution in [0.25, 0.3) is 5.69 Å². The van der Waals surface area contributed by atoms with E-state index in [0.717, 1.165) is 5.69 Å². The molecule has 0 aliphatic heterocycles. The molecule has 1 unspecified atom stereocenters. The average Bonchev–Trinajstić information content (AvgIpc) is 3.15. The van der Waals surface area contributed by atoms with Crippen molar-refractivity contribution in [2.24, 2.45) is 0 Å². The Morgan fingerprint density at radius 1 is 1.00 bits per heavy atom. The minimum atomic E-state index is -1.28. The molecule has 0 fully saturated rings. The first-order chi connectivity index (χ1) is 12.1. The van der Waals surface area contributed by atoms with Gasteiger partial charge in [-0.3, -0.25) is 4.79 Å². The Balaban J connectivity index is 0.00000243. The van der Waals surface area contributed by atoms with E-state index >= 15 is 0 Å². The van der Waals surface area contributed by atoms with Gasteiger partial charge in [0.15, 0.2) is 0 Å². The fourth-order valence-electron chi connectivity index (χ4n) is 2.45. The smallest absolute Gasteiger partial charge is 0.549 e. The van der Waals surface area contributed by atoms with Crippen LogP contribution in [-0.2, 0) is 9.59 Å². The van der Waals surface area contributed by atoms with Crippen molar-refractivity contribution in [2.45, 2.75) is 12.3 Å². The molecule has 8 heteroatoms. The number of carbonyl (C=O) groups excluding carboxylic acids is 2. The van der Waals surface area contributed by atoms with Crippen molar-refractivity contribution in [3.05, 3.63) is 72.6 Å². The van der Waals surface area contributed by atoms with E-state index in [1.54, 1.807) is 67.0 Å². The quantitative estimate of drug-likeness (QED) is 0.521. The van der Waals surface area contributed by atoms with Gasteiger partial charge in [-0.25, -0.2) is 0 Å². The number of aliphatic carboxylic acids is 1. The number of carboxylic acids is 1. The monoisotopic (exact) mass is 358 g/mol. The third-order valence-corrected chi connectivity index (χ3v) is 3.68. The van der Waals surface area contributed by atoms with Crippen LogP contribution in [0.3, 0.4) is 0 Å². The van der Waals surface area contributed by atoms with E-state index in [9.17, 15) is 14.7 Å². The topological polar surface area (TPSA) is 99.9 Å². The van der Waals surface area contributed by atoms with Crippen LogP contribution in [0.2, 0.25) is 0 Å². The van der Waals surface area contributed by atoms with Crippen molar-refractivity contribution in [3.63, 3.8) is 0 Å². The maximum absolute atomic E-state index is 12.2. The molecule has 26 heavy (non-hydrogen) atoms. The first-order valence-corrected chi connectivity index (χ1v) is 7.66. The van der Waals surface area contributed by atoms with Gasteiger partial charge in [0.2, 0.25) is 5.91 Å². The Morgan fingerprint density at radius 3 is 2.19 bits per heavy atom. The summed E-state index contributed by atoms with van der Waals surface area (Å²) >= 11 is 0. The first kappa shape index (κ1) is 19.8. The molecule has 0 saturated heterocycles. The van der Waals surface area contributed by atoms with Crippen molar-refractivity contribution in [2.75, 3.05) is 5.32 Å². The van der Waals surface area contributed by atoms with E-state index in [2.05, 4.69) is 15.5 Å². The number of aromatic nitrogens is 3. The normalized spacial score (nSPS) is 11.2. The predicted molar refractivity (Wildman–Crippen MR) is 88.8 cm³/mol. The summed E-state index contributed by atoms with van der Waals surface area (Å²) in [7, 11) is 0. The van der Waals surface area contributed by atoms with Crippen molar-refractivity contribution in [1.29, 1.82) is 0 Å². The Morgan fingerprint density at radius 2 is 1.62 bits per heavy atom. The molecular formula is C18H15N4NaO3. The number of anilines is 1. The van der Waals surface area contributed by atoms with Crippen LogP contribution in [0.1, 0.15) is 17.9 Å². The zero-order valence-electron chi connectivity index (χ0n) is 14.2. The molecule has 2 aromatic carbocycles. The van der Waals surface area contributed by atoms with Gasteiger partial charge >= 0.3 is 29.6 Å². The minimum Gasteiger partial charge on any atom is -0.549 e. The van der Waals surface area contributed by atoms with E-state index in [1.165, 1.54) is 4.80 Å². The van der Waals surface area contributed by atoms with Crippen LogP contribution in [-0.4, -0.2) is 26.9 Å². The SMILES string of the molecule is O=C(CC(C(=O)[O-])c1ccccc1)Nc1ccc(-n2nccn2)cc1.[Na+]. The molecule has 1 aromatic heterocycles. The minimum absolute atomic E-state index is 0. The van der Waals surface area contributed by atoms with Gasteiger partial charge in [0.25, 0.3) is 0 Å². The molecule has 0 radical (unpaired) electrons. The molecule has 0 saturated carbocycles. The van der Waals surface area contributed by atoms with Crippen LogP contribution < -0.4 is 40.0 Å². The summed E-state index contributed by atoms with van der Waals surface area (Å²) in [4.78, 5) is 25.0. The number of nitrogens with zero attached hydrogens (tertiary/aromatic N) is 3. The summed E-state index contributed by atoms with van der Waals surface area (Å²) in [6, 6.07) is 15.5. The fourth-order valence-corrected chi connectivity index (χ4v) is 2.45. The second-order valence-corrected chi connectivity index (χ2v) is 5.40. The number of carbonyl (C=O) groups is 2. The number of rotatable bonds is 6. The third-order valence-electron chi connectivity index (χ3n) is 3.68. The molecular weight excluding hydrogens is 343 g/mol. The van der Waals surface area contributed by atoms with Gasteiger partial charge in [0.1, 0.15) is 0 Å². The maximum atomic E-state index is 12.2. The molecule has 0 spiro atoms. The van der Waals surface area contributed by atoms with Gasteiger partial charge < -0.3 is 15.2 Å². The molecule has 1 heterocycles. The summed E-state index contributed by atoms with van der Waals surface area (Å²) in [6.07, 6.45) is 2.94. The van der Waals surface area contributed by atoms with E-state index in [-0.39, 0.29) is 36.0 Å². The average molecular weight is 358 g/mol. The summed E-state index contributed by atoms with van der Waals surface area (Å²) in [5.41, 5.74) is 1.85. The summed E-state index contributed by atoms with van der Waals surface area (Å²) in [6.45, 7) is 0. The Labute approximate surface area is 172 Å². The molecule has 1 N–H and O–H groups in total. The molecule has 0 aliphatic carbocycles. The molecule has 1 atom stereocenters. The van der Waals surface area contributed by atoms with Crippen LogP contribution in [0, 0.1) is 0 Å². The zero-order chi connectivity index (χ0) is 17.6. The molecule has 7 nitrogen and oxygen atoms in total. The summed E-state index contributed by atoms with van der Waals surface area (Å²) in [5.74, 6) is -2.67. The van der Waals surface area contributed by atoms with Crippen molar-refractivity contribution >= 4 is 17.6 Å². The second kappa shape index (κ2) is 9.28. The number of hydrogen-bond donors (Lipinski definition) is 1. The van der Waals surface area contributed by atoms with E-state index in [1.807, 2.05) is 0 Å². The standard InChI is InChI=1S/C18H16N4O3.Na/c23-17(12-16(18(24)25)13-4-2-1-3-5-13)21-14-6-8-15(9-7-14)22-19-10-11-20-22;/h1-11,16H,12H2,(H,21,23)(H,24,25);/q;+1/p-1. The fraction of sp³-hybridized carbons (Fsp3) is 0.111. The molecule has 0 aliphatic rings. The molecule has 1 amide bonds. The first-order valence-electron chi connectivity index (χ1n) is 7.66. The third kappa shape index (κ3) is 5.01. The zero-order valence-corrected chi connectivity index (χ0v) is 16.2. The van der Waals surface area contributed by atoms with E-state index in [4.69, 9.17) is 0 Å². The van der Waals surface area contributed by atoms with Gasteiger partial charge in [0.05, 0.1) is 18.1 Å². The largest absolute Gasteiger partial charge is 1.00 e. The number of nitrogens with one attached hydrogen (secondary N) is 1. The number of benzene rings is 2. The van der Waals surface area contributed by atoms with Gasteiger partial charge in [-0.05, 0) is 29.8 Å². The molecule has 3 rings (SSSR count). The van der Waals surface area contributed by atoms with Crippen molar-refractivity contribution < 1.29 is 44.3 Å².